The Bertz CT molecular complexity index is 262. The molecule has 5 heteroatoms. The molecular weight excluding hydrogens is 162 g/mol. The van der Waals surface area contributed by atoms with E-state index < -0.39 is 0 Å². The molecule has 4 nitrogen and oxygen atoms in total. The molecule has 0 spiro atoms. The van der Waals surface area contributed by atoms with Crippen molar-refractivity contribution in [1.29, 1.82) is 0 Å². The van der Waals surface area contributed by atoms with Gasteiger partial charge in [0.05, 0.1) is 11.9 Å². The van der Waals surface area contributed by atoms with Crippen LogP contribution in [0.3, 0.4) is 0 Å². The van der Waals surface area contributed by atoms with E-state index in [0.717, 1.165) is 11.8 Å². The van der Waals surface area contributed by atoms with Crippen LogP contribution in [0.15, 0.2) is 6.20 Å². The first-order valence-corrected chi connectivity index (χ1v) is 4.25. The average molecular weight is 171 g/mol. The van der Waals surface area contributed by atoms with Gasteiger partial charge in [-0.1, -0.05) is 11.8 Å². The topological polar surface area (TPSA) is 60.9 Å². The van der Waals surface area contributed by atoms with Crippen LogP contribution >= 0.6 is 11.8 Å². The van der Waals surface area contributed by atoms with Gasteiger partial charge in [-0.05, 0) is 6.26 Å². The molecule has 0 amide bonds. The second-order valence-corrected chi connectivity index (χ2v) is 2.84. The van der Waals surface area contributed by atoms with Crippen LogP contribution in [0.1, 0.15) is 10.5 Å². The van der Waals surface area contributed by atoms with Crippen molar-refractivity contribution in [2.75, 3.05) is 12.0 Å². The Hall–Kier alpha value is -0.970. The molecule has 0 unspecified atom stereocenters. The third kappa shape index (κ3) is 1.37. The summed E-state index contributed by atoms with van der Waals surface area (Å²) in [7, 11) is 1.69. The fourth-order valence-corrected chi connectivity index (χ4v) is 1.24. The van der Waals surface area contributed by atoms with E-state index in [0.29, 0.717) is 11.4 Å². The number of rotatable bonds is 1. The zero-order valence-electron chi connectivity index (χ0n) is 6.37. The van der Waals surface area contributed by atoms with Crippen LogP contribution in [0.25, 0.3) is 0 Å². The van der Waals surface area contributed by atoms with Gasteiger partial charge in [0, 0.05) is 7.05 Å². The lowest BCUT2D eigenvalue weighted by atomic mass is 10.4. The third-order valence-electron chi connectivity index (χ3n) is 1.35. The zero-order chi connectivity index (χ0) is 8.43. The van der Waals surface area contributed by atoms with E-state index in [2.05, 4.69) is 5.10 Å². The fraction of sp³-hybridized carbons (Fsp3) is 0.333. The van der Waals surface area contributed by atoms with Crippen molar-refractivity contribution < 1.29 is 4.79 Å². The van der Waals surface area contributed by atoms with Crippen LogP contribution in [0, 0.1) is 0 Å². The van der Waals surface area contributed by atoms with Crippen molar-refractivity contribution in [1.82, 2.24) is 9.78 Å². The maximum atomic E-state index is 11.1. The van der Waals surface area contributed by atoms with Gasteiger partial charge in [-0.3, -0.25) is 9.48 Å². The van der Waals surface area contributed by atoms with Gasteiger partial charge in [0.25, 0.3) is 0 Å². The Morgan fingerprint density at radius 1 is 1.82 bits per heavy atom. The van der Waals surface area contributed by atoms with Crippen LogP contribution in [0.5, 0.6) is 0 Å². The van der Waals surface area contributed by atoms with Gasteiger partial charge < -0.3 is 5.73 Å². The van der Waals surface area contributed by atoms with Crippen LogP contribution in [0.2, 0.25) is 0 Å². The number of nitrogens with zero attached hydrogens (tertiary/aromatic N) is 2. The Morgan fingerprint density at radius 3 is 2.82 bits per heavy atom. The van der Waals surface area contributed by atoms with E-state index in [1.165, 1.54) is 10.9 Å². The highest BCUT2D eigenvalue weighted by molar-refractivity contribution is 8.13. The number of thioether (sulfide) groups is 1. The SMILES string of the molecule is CSC(=O)c1c(N)cnn1C. The normalized spacial score (nSPS) is 10.0. The fourth-order valence-electron chi connectivity index (χ4n) is 0.801. The smallest absolute Gasteiger partial charge is 0.239 e. The molecular formula is C6H9N3OS. The number of nitrogens with two attached hydrogens (primary N) is 1. The molecule has 0 bridgehead atoms. The van der Waals surface area contributed by atoms with E-state index in [-0.39, 0.29) is 5.12 Å². The summed E-state index contributed by atoms with van der Waals surface area (Å²) >= 11 is 1.13. The van der Waals surface area contributed by atoms with Crippen molar-refractivity contribution in [3.05, 3.63) is 11.9 Å². The first-order chi connectivity index (χ1) is 5.16. The third-order valence-corrected chi connectivity index (χ3v) is 1.91. The number of anilines is 1. The Kier molecular flexibility index (Phi) is 2.19. The Morgan fingerprint density at radius 2 is 2.45 bits per heavy atom. The summed E-state index contributed by atoms with van der Waals surface area (Å²) < 4.78 is 1.48. The minimum Gasteiger partial charge on any atom is -0.396 e. The molecule has 0 aromatic carbocycles. The average Bonchev–Trinajstić information content (AvgIpc) is 2.30. The molecule has 0 saturated carbocycles. The van der Waals surface area contributed by atoms with Gasteiger partial charge in [0.15, 0.2) is 0 Å². The second kappa shape index (κ2) is 2.96. The minimum absolute atomic E-state index is 0.0532. The van der Waals surface area contributed by atoms with Crippen LogP contribution in [0.4, 0.5) is 5.69 Å². The van der Waals surface area contributed by atoms with E-state index in [1.807, 2.05) is 0 Å². The van der Waals surface area contributed by atoms with Gasteiger partial charge in [-0.25, -0.2) is 0 Å². The molecule has 0 aliphatic carbocycles. The van der Waals surface area contributed by atoms with E-state index in [9.17, 15) is 4.79 Å². The van der Waals surface area contributed by atoms with Gasteiger partial charge in [-0.2, -0.15) is 5.10 Å². The molecule has 0 saturated heterocycles. The molecule has 1 aromatic rings. The summed E-state index contributed by atoms with van der Waals surface area (Å²) in [6, 6.07) is 0. The molecule has 11 heavy (non-hydrogen) atoms. The lowest BCUT2D eigenvalue weighted by Gasteiger charge is -1.97. The summed E-state index contributed by atoms with van der Waals surface area (Å²) in [6.07, 6.45) is 3.19. The van der Waals surface area contributed by atoms with Gasteiger partial charge in [0.2, 0.25) is 5.12 Å². The number of aromatic nitrogens is 2. The van der Waals surface area contributed by atoms with Crippen LogP contribution in [-0.4, -0.2) is 21.2 Å². The van der Waals surface area contributed by atoms with Crippen LogP contribution < -0.4 is 5.73 Å². The zero-order valence-corrected chi connectivity index (χ0v) is 7.18. The molecule has 1 aromatic heterocycles. The number of aryl methyl sites for hydroxylation is 1. The summed E-state index contributed by atoms with van der Waals surface area (Å²) in [5.74, 6) is 0. The molecule has 0 radical (unpaired) electrons. The number of carbonyl (C=O) groups excluding carboxylic acids is 1. The predicted molar refractivity (Wildman–Crippen MR) is 45.5 cm³/mol. The summed E-state index contributed by atoms with van der Waals surface area (Å²) in [6.45, 7) is 0. The second-order valence-electron chi connectivity index (χ2n) is 2.06. The Labute approximate surface area is 68.8 Å². The van der Waals surface area contributed by atoms with Crippen molar-refractivity contribution >= 4 is 22.6 Å². The lowest BCUT2D eigenvalue weighted by molar-refractivity contribution is 0.108. The van der Waals surface area contributed by atoms with E-state index in [1.54, 1.807) is 13.3 Å². The monoisotopic (exact) mass is 171 g/mol. The van der Waals surface area contributed by atoms with E-state index >= 15 is 0 Å². The molecule has 60 valence electrons. The van der Waals surface area contributed by atoms with Crippen molar-refractivity contribution in [2.24, 2.45) is 7.05 Å². The first-order valence-electron chi connectivity index (χ1n) is 3.02. The molecule has 1 rings (SSSR count). The molecule has 0 atom stereocenters. The molecule has 0 fully saturated rings. The van der Waals surface area contributed by atoms with Gasteiger partial charge in [-0.15, -0.1) is 0 Å². The summed E-state index contributed by atoms with van der Waals surface area (Å²) in [4.78, 5) is 11.1. The number of hydrogen-bond acceptors (Lipinski definition) is 4. The Balaban J connectivity index is 3.10. The largest absolute Gasteiger partial charge is 0.396 e. The highest BCUT2D eigenvalue weighted by atomic mass is 32.2. The molecule has 1 heterocycles. The summed E-state index contributed by atoms with van der Waals surface area (Å²) in [5.41, 5.74) is 6.41. The number of nitrogen functional groups attached to an aromatic ring is 1. The first kappa shape index (κ1) is 8.13. The predicted octanol–water partition coefficient (Wildman–Crippen LogP) is 0.506. The lowest BCUT2D eigenvalue weighted by Crippen LogP contribution is -2.05. The molecule has 2 N–H and O–H groups in total. The van der Waals surface area contributed by atoms with E-state index in [4.69, 9.17) is 5.73 Å². The number of hydrogen-bond donors (Lipinski definition) is 1. The quantitative estimate of drug-likeness (QED) is 0.668. The number of carbonyl (C=O) groups is 1. The molecule has 0 aliphatic rings. The van der Waals surface area contributed by atoms with Gasteiger partial charge >= 0.3 is 0 Å². The standard InChI is InChI=1S/C6H9N3OS/c1-9-5(6(10)11-2)4(7)3-8-9/h3H,7H2,1-2H3. The van der Waals surface area contributed by atoms with Crippen molar-refractivity contribution in [2.45, 2.75) is 0 Å². The van der Waals surface area contributed by atoms with Crippen molar-refractivity contribution in [3.8, 4) is 0 Å². The molecule has 0 aliphatic heterocycles. The summed E-state index contributed by atoms with van der Waals surface area (Å²) in [5, 5.41) is 3.79. The highest BCUT2D eigenvalue weighted by Crippen LogP contribution is 2.14. The van der Waals surface area contributed by atoms with Gasteiger partial charge in [0.1, 0.15) is 5.69 Å². The maximum Gasteiger partial charge on any atom is 0.239 e. The van der Waals surface area contributed by atoms with Crippen molar-refractivity contribution in [3.63, 3.8) is 0 Å². The maximum absolute atomic E-state index is 11.1. The highest BCUT2D eigenvalue weighted by Gasteiger charge is 2.12. The van der Waals surface area contributed by atoms with Crippen LogP contribution in [-0.2, 0) is 7.05 Å². The minimum atomic E-state index is -0.0532.